The molecular formula is C12H17N5. The molecule has 2 aromatic heterocycles. The zero-order valence-electron chi connectivity index (χ0n) is 10.1. The number of hydrogen-bond acceptors (Lipinski definition) is 4. The van der Waals surface area contributed by atoms with E-state index in [1.54, 1.807) is 17.1 Å². The van der Waals surface area contributed by atoms with Gasteiger partial charge in [0, 0.05) is 19.8 Å². The molecule has 0 aromatic carbocycles. The number of anilines is 3. The quantitative estimate of drug-likeness (QED) is 0.829. The molecule has 0 saturated heterocycles. The molecule has 2 rings (SSSR count). The van der Waals surface area contributed by atoms with Gasteiger partial charge < -0.3 is 10.6 Å². The lowest BCUT2D eigenvalue weighted by molar-refractivity contribution is 0.768. The van der Waals surface area contributed by atoms with Crippen LogP contribution in [0.5, 0.6) is 0 Å². The largest absolute Gasteiger partial charge is 0.384 e. The van der Waals surface area contributed by atoms with Crippen LogP contribution in [-0.4, -0.2) is 21.3 Å². The van der Waals surface area contributed by atoms with Crippen LogP contribution in [0.25, 0.3) is 0 Å². The molecule has 0 radical (unpaired) electrons. The van der Waals surface area contributed by atoms with Gasteiger partial charge in [0.25, 0.3) is 0 Å². The van der Waals surface area contributed by atoms with Crippen molar-refractivity contribution in [2.24, 2.45) is 7.05 Å². The molecule has 2 N–H and O–H groups in total. The molecule has 0 aliphatic heterocycles. The van der Waals surface area contributed by atoms with Gasteiger partial charge in [0.05, 0.1) is 35.7 Å². The van der Waals surface area contributed by atoms with Gasteiger partial charge >= 0.3 is 0 Å². The van der Waals surface area contributed by atoms with Crippen molar-refractivity contribution in [3.63, 3.8) is 0 Å². The lowest BCUT2D eigenvalue weighted by atomic mass is 10.3. The summed E-state index contributed by atoms with van der Waals surface area (Å²) in [7, 11) is 1.89. The first-order valence-electron chi connectivity index (χ1n) is 5.72. The molecule has 2 heterocycles. The second-order valence-corrected chi connectivity index (χ2v) is 3.92. The summed E-state index contributed by atoms with van der Waals surface area (Å²) < 4.78 is 1.76. The maximum atomic E-state index is 4.19. The van der Waals surface area contributed by atoms with Crippen LogP contribution in [0.1, 0.15) is 13.3 Å². The number of aromatic nitrogens is 3. The van der Waals surface area contributed by atoms with Crippen LogP contribution in [0.4, 0.5) is 17.1 Å². The highest BCUT2D eigenvalue weighted by atomic mass is 15.3. The highest BCUT2D eigenvalue weighted by molar-refractivity contribution is 5.61. The summed E-state index contributed by atoms with van der Waals surface area (Å²) in [5.74, 6) is 0. The van der Waals surface area contributed by atoms with E-state index in [-0.39, 0.29) is 0 Å². The Balaban J connectivity index is 2.05. The summed E-state index contributed by atoms with van der Waals surface area (Å²) >= 11 is 0. The molecule has 90 valence electrons. The summed E-state index contributed by atoms with van der Waals surface area (Å²) in [6.45, 7) is 3.09. The van der Waals surface area contributed by atoms with Gasteiger partial charge in [-0.3, -0.25) is 9.67 Å². The van der Waals surface area contributed by atoms with Crippen molar-refractivity contribution in [2.45, 2.75) is 13.3 Å². The van der Waals surface area contributed by atoms with Crippen LogP contribution >= 0.6 is 0 Å². The molecule has 0 atom stereocenters. The highest BCUT2D eigenvalue weighted by Gasteiger charge is 1.99. The number of rotatable bonds is 5. The van der Waals surface area contributed by atoms with Crippen molar-refractivity contribution in [3.8, 4) is 0 Å². The summed E-state index contributed by atoms with van der Waals surface area (Å²) in [6, 6.07) is 2.04. The SMILES string of the molecule is CCCNc1cncc(Nc2cnn(C)c2)c1. The van der Waals surface area contributed by atoms with E-state index in [1.165, 1.54) is 0 Å². The summed E-state index contributed by atoms with van der Waals surface area (Å²) in [5, 5.41) is 10.7. The van der Waals surface area contributed by atoms with E-state index in [9.17, 15) is 0 Å². The van der Waals surface area contributed by atoms with Crippen molar-refractivity contribution in [1.82, 2.24) is 14.8 Å². The Bertz CT molecular complexity index is 477. The molecule has 17 heavy (non-hydrogen) atoms. The molecular weight excluding hydrogens is 214 g/mol. The van der Waals surface area contributed by atoms with E-state index in [2.05, 4.69) is 27.6 Å². The molecule has 0 aliphatic carbocycles. The zero-order chi connectivity index (χ0) is 12.1. The third kappa shape index (κ3) is 3.21. The molecule has 0 fully saturated rings. The molecule has 2 aromatic rings. The molecule has 0 saturated carbocycles. The van der Waals surface area contributed by atoms with Crippen molar-refractivity contribution in [3.05, 3.63) is 30.9 Å². The fraction of sp³-hybridized carbons (Fsp3) is 0.333. The standard InChI is InChI=1S/C12H17N5/c1-3-4-14-10-5-11(7-13-6-10)16-12-8-15-17(2)9-12/h5-9,14,16H,3-4H2,1-2H3. The number of pyridine rings is 1. The molecule has 0 amide bonds. The van der Waals surface area contributed by atoms with E-state index in [4.69, 9.17) is 0 Å². The number of nitrogens with zero attached hydrogens (tertiary/aromatic N) is 3. The molecule has 0 aliphatic rings. The smallest absolute Gasteiger partial charge is 0.0770 e. The molecule has 0 spiro atoms. The second-order valence-electron chi connectivity index (χ2n) is 3.92. The van der Waals surface area contributed by atoms with Gasteiger partial charge in [-0.15, -0.1) is 0 Å². The highest BCUT2D eigenvalue weighted by Crippen LogP contribution is 2.17. The number of hydrogen-bond donors (Lipinski definition) is 2. The van der Waals surface area contributed by atoms with Gasteiger partial charge in [0.15, 0.2) is 0 Å². The van der Waals surface area contributed by atoms with Crippen LogP contribution in [0.2, 0.25) is 0 Å². The Morgan fingerprint density at radius 1 is 1.18 bits per heavy atom. The first-order chi connectivity index (χ1) is 8.28. The van der Waals surface area contributed by atoms with Gasteiger partial charge in [-0.05, 0) is 12.5 Å². The maximum Gasteiger partial charge on any atom is 0.0770 e. The first-order valence-corrected chi connectivity index (χ1v) is 5.72. The number of aryl methyl sites for hydroxylation is 1. The molecule has 0 bridgehead atoms. The predicted molar refractivity (Wildman–Crippen MR) is 69.5 cm³/mol. The summed E-state index contributed by atoms with van der Waals surface area (Å²) in [6.07, 6.45) is 8.42. The van der Waals surface area contributed by atoms with Crippen LogP contribution in [0.3, 0.4) is 0 Å². The van der Waals surface area contributed by atoms with Crippen LogP contribution in [-0.2, 0) is 7.05 Å². The predicted octanol–water partition coefficient (Wildman–Crippen LogP) is 2.38. The lowest BCUT2D eigenvalue weighted by Crippen LogP contribution is -2.00. The third-order valence-corrected chi connectivity index (χ3v) is 2.31. The van der Waals surface area contributed by atoms with Crippen molar-refractivity contribution in [1.29, 1.82) is 0 Å². The number of nitrogens with one attached hydrogen (secondary N) is 2. The van der Waals surface area contributed by atoms with Crippen LogP contribution < -0.4 is 10.6 Å². The van der Waals surface area contributed by atoms with Gasteiger partial charge in [0.1, 0.15) is 0 Å². The minimum absolute atomic E-state index is 0.956. The lowest BCUT2D eigenvalue weighted by Gasteiger charge is -2.07. The Kier molecular flexibility index (Phi) is 3.59. The van der Waals surface area contributed by atoms with Crippen molar-refractivity contribution < 1.29 is 0 Å². The Hall–Kier alpha value is -2.04. The van der Waals surface area contributed by atoms with E-state index >= 15 is 0 Å². The monoisotopic (exact) mass is 231 g/mol. The first kappa shape index (κ1) is 11.4. The summed E-state index contributed by atoms with van der Waals surface area (Å²) in [5.41, 5.74) is 2.95. The molecule has 0 unspecified atom stereocenters. The van der Waals surface area contributed by atoms with Crippen LogP contribution in [0.15, 0.2) is 30.9 Å². The maximum absolute atomic E-state index is 4.19. The molecule has 5 nitrogen and oxygen atoms in total. The zero-order valence-corrected chi connectivity index (χ0v) is 10.1. The van der Waals surface area contributed by atoms with Crippen LogP contribution in [0, 0.1) is 0 Å². The van der Waals surface area contributed by atoms with Crippen molar-refractivity contribution in [2.75, 3.05) is 17.2 Å². The second kappa shape index (κ2) is 5.34. The van der Waals surface area contributed by atoms with Gasteiger partial charge in [-0.25, -0.2) is 0 Å². The van der Waals surface area contributed by atoms with Crippen molar-refractivity contribution >= 4 is 17.1 Å². The summed E-state index contributed by atoms with van der Waals surface area (Å²) in [4.78, 5) is 4.19. The average Bonchev–Trinajstić information content (AvgIpc) is 2.73. The van der Waals surface area contributed by atoms with E-state index in [1.807, 2.05) is 25.5 Å². The molecule has 5 heteroatoms. The van der Waals surface area contributed by atoms with E-state index < -0.39 is 0 Å². The minimum Gasteiger partial charge on any atom is -0.384 e. The fourth-order valence-corrected chi connectivity index (χ4v) is 1.53. The van der Waals surface area contributed by atoms with Gasteiger partial charge in [-0.1, -0.05) is 6.92 Å². The Morgan fingerprint density at radius 3 is 2.71 bits per heavy atom. The minimum atomic E-state index is 0.956. The average molecular weight is 231 g/mol. The Morgan fingerprint density at radius 2 is 2.00 bits per heavy atom. The Labute approximate surface area is 101 Å². The van der Waals surface area contributed by atoms with E-state index in [0.29, 0.717) is 0 Å². The van der Waals surface area contributed by atoms with Gasteiger partial charge in [0.2, 0.25) is 0 Å². The van der Waals surface area contributed by atoms with E-state index in [0.717, 1.165) is 30.0 Å². The van der Waals surface area contributed by atoms with Gasteiger partial charge in [-0.2, -0.15) is 5.10 Å². The normalized spacial score (nSPS) is 10.2. The topological polar surface area (TPSA) is 54.8 Å². The fourth-order valence-electron chi connectivity index (χ4n) is 1.53. The third-order valence-electron chi connectivity index (χ3n) is 2.31.